The molecule has 2 aliphatic rings. The number of hydrogen-bond donors (Lipinski definition) is 2. The molecule has 2 atom stereocenters. The molecule has 26 heavy (non-hydrogen) atoms. The number of aryl methyl sites for hydroxylation is 2. The van der Waals surface area contributed by atoms with E-state index in [1.807, 2.05) is 0 Å². The van der Waals surface area contributed by atoms with Crippen LogP contribution in [0.15, 0.2) is 60.7 Å². The van der Waals surface area contributed by atoms with Gasteiger partial charge in [-0.25, -0.2) is 0 Å². The van der Waals surface area contributed by atoms with E-state index >= 15 is 0 Å². The summed E-state index contributed by atoms with van der Waals surface area (Å²) in [6.07, 6.45) is 4.02. The Balaban J connectivity index is 1.56. The van der Waals surface area contributed by atoms with Crippen LogP contribution < -0.4 is 0 Å². The number of benzene rings is 3. The molecular formula is C24H22O2. The smallest absolute Gasteiger partial charge is 0.119 e. The first-order chi connectivity index (χ1) is 12.7. The minimum Gasteiger partial charge on any atom is -0.508 e. The Morgan fingerprint density at radius 2 is 1.00 bits per heavy atom. The molecule has 0 bridgehead atoms. The maximum Gasteiger partial charge on any atom is 0.119 e. The third-order valence-corrected chi connectivity index (χ3v) is 6.19. The summed E-state index contributed by atoms with van der Waals surface area (Å²) in [4.78, 5) is 0. The SMILES string of the molecule is Oc1cc(C2CCc3ccccc32)c(O)cc1C1CCc2ccccc21. The lowest BCUT2D eigenvalue weighted by Gasteiger charge is -2.19. The molecule has 0 saturated carbocycles. The van der Waals surface area contributed by atoms with E-state index in [2.05, 4.69) is 48.5 Å². The van der Waals surface area contributed by atoms with E-state index in [0.29, 0.717) is 11.5 Å². The molecule has 0 aromatic heterocycles. The average Bonchev–Trinajstić information content (AvgIpc) is 3.27. The van der Waals surface area contributed by atoms with E-state index in [9.17, 15) is 10.2 Å². The van der Waals surface area contributed by atoms with Gasteiger partial charge >= 0.3 is 0 Å². The molecule has 2 heteroatoms. The summed E-state index contributed by atoms with van der Waals surface area (Å²) in [6, 6.07) is 20.5. The van der Waals surface area contributed by atoms with Gasteiger partial charge in [0.15, 0.2) is 0 Å². The van der Waals surface area contributed by atoms with Gasteiger partial charge in [-0.15, -0.1) is 0 Å². The maximum absolute atomic E-state index is 10.8. The summed E-state index contributed by atoms with van der Waals surface area (Å²) in [5.74, 6) is 0.955. The van der Waals surface area contributed by atoms with Gasteiger partial charge in [0.2, 0.25) is 0 Å². The van der Waals surface area contributed by atoms with Gasteiger partial charge < -0.3 is 10.2 Å². The fourth-order valence-electron chi connectivity index (χ4n) is 4.93. The fraction of sp³-hybridized carbons (Fsp3) is 0.250. The van der Waals surface area contributed by atoms with E-state index in [0.717, 1.165) is 36.8 Å². The topological polar surface area (TPSA) is 40.5 Å². The van der Waals surface area contributed by atoms with Crippen molar-refractivity contribution < 1.29 is 10.2 Å². The molecular weight excluding hydrogens is 320 g/mol. The highest BCUT2D eigenvalue weighted by Gasteiger charge is 2.30. The highest BCUT2D eigenvalue weighted by molar-refractivity contribution is 5.55. The van der Waals surface area contributed by atoms with E-state index in [1.54, 1.807) is 12.1 Å². The van der Waals surface area contributed by atoms with Crippen LogP contribution in [0.4, 0.5) is 0 Å². The van der Waals surface area contributed by atoms with Crippen molar-refractivity contribution in [1.29, 1.82) is 0 Å². The third-order valence-electron chi connectivity index (χ3n) is 6.19. The fourth-order valence-corrected chi connectivity index (χ4v) is 4.93. The molecule has 2 nitrogen and oxygen atoms in total. The Hall–Kier alpha value is -2.74. The van der Waals surface area contributed by atoms with E-state index in [4.69, 9.17) is 0 Å². The van der Waals surface area contributed by atoms with Crippen LogP contribution in [0.3, 0.4) is 0 Å². The molecule has 0 heterocycles. The summed E-state index contributed by atoms with van der Waals surface area (Å²) >= 11 is 0. The Morgan fingerprint density at radius 3 is 1.46 bits per heavy atom. The van der Waals surface area contributed by atoms with Gasteiger partial charge in [-0.05, 0) is 60.1 Å². The molecule has 0 spiro atoms. The molecule has 5 rings (SSSR count). The van der Waals surface area contributed by atoms with Crippen LogP contribution in [0.25, 0.3) is 0 Å². The quantitative estimate of drug-likeness (QED) is 0.624. The first-order valence-corrected chi connectivity index (χ1v) is 9.43. The van der Waals surface area contributed by atoms with E-state index in [1.165, 1.54) is 22.3 Å². The minimum absolute atomic E-state index is 0.169. The van der Waals surface area contributed by atoms with Gasteiger partial charge in [0, 0.05) is 23.0 Å². The van der Waals surface area contributed by atoms with Crippen LogP contribution in [0.5, 0.6) is 11.5 Å². The van der Waals surface area contributed by atoms with Crippen LogP contribution >= 0.6 is 0 Å². The number of phenolic OH excluding ortho intramolecular Hbond substituents is 2. The Morgan fingerprint density at radius 1 is 0.577 bits per heavy atom. The third kappa shape index (κ3) is 2.33. The lowest BCUT2D eigenvalue weighted by atomic mass is 9.87. The predicted octanol–water partition coefficient (Wildman–Crippen LogP) is 5.25. The molecule has 3 aromatic rings. The lowest BCUT2D eigenvalue weighted by Crippen LogP contribution is -2.01. The summed E-state index contributed by atoms with van der Waals surface area (Å²) in [5.41, 5.74) is 6.96. The zero-order valence-electron chi connectivity index (χ0n) is 14.7. The minimum atomic E-state index is 0.169. The van der Waals surface area contributed by atoms with E-state index < -0.39 is 0 Å². The van der Waals surface area contributed by atoms with Gasteiger partial charge in [-0.3, -0.25) is 0 Å². The number of aromatic hydroxyl groups is 2. The standard InChI is InChI=1S/C24H22O2/c25-23-14-22(20-12-10-16-6-2-4-8-18(16)20)24(26)13-21(23)19-11-9-15-5-1-3-7-17(15)19/h1-8,13-14,19-20,25-26H,9-12H2. The molecule has 2 unspecified atom stereocenters. The van der Waals surface area contributed by atoms with Gasteiger partial charge in [0.25, 0.3) is 0 Å². The molecule has 130 valence electrons. The second-order valence-corrected chi connectivity index (χ2v) is 7.55. The van der Waals surface area contributed by atoms with Crippen molar-refractivity contribution in [3.8, 4) is 11.5 Å². The Labute approximate surface area is 153 Å². The molecule has 2 aliphatic carbocycles. The van der Waals surface area contributed by atoms with Crippen molar-refractivity contribution in [3.63, 3.8) is 0 Å². The summed E-state index contributed by atoms with van der Waals surface area (Å²) in [5, 5.41) is 21.6. The monoisotopic (exact) mass is 342 g/mol. The molecule has 0 saturated heterocycles. The summed E-state index contributed by atoms with van der Waals surface area (Å²) < 4.78 is 0. The molecule has 0 aliphatic heterocycles. The zero-order valence-corrected chi connectivity index (χ0v) is 14.7. The first kappa shape index (κ1) is 15.5. The normalized spacial score (nSPS) is 20.8. The van der Waals surface area contributed by atoms with E-state index in [-0.39, 0.29) is 11.8 Å². The number of hydrogen-bond acceptors (Lipinski definition) is 2. The first-order valence-electron chi connectivity index (χ1n) is 9.43. The van der Waals surface area contributed by atoms with Gasteiger partial charge in [-0.2, -0.15) is 0 Å². The predicted molar refractivity (Wildman–Crippen MR) is 103 cm³/mol. The summed E-state index contributed by atoms with van der Waals surface area (Å²) in [7, 11) is 0. The van der Waals surface area contributed by atoms with Gasteiger partial charge in [-0.1, -0.05) is 48.5 Å². The number of fused-ring (bicyclic) bond motifs is 2. The molecule has 0 amide bonds. The van der Waals surface area contributed by atoms with Crippen molar-refractivity contribution in [2.45, 2.75) is 37.5 Å². The van der Waals surface area contributed by atoms with Crippen molar-refractivity contribution in [1.82, 2.24) is 0 Å². The average molecular weight is 342 g/mol. The zero-order chi connectivity index (χ0) is 17.7. The second kappa shape index (κ2) is 5.91. The van der Waals surface area contributed by atoms with Crippen LogP contribution in [-0.2, 0) is 12.8 Å². The number of rotatable bonds is 2. The van der Waals surface area contributed by atoms with Crippen LogP contribution in [0, 0.1) is 0 Å². The molecule has 2 N–H and O–H groups in total. The lowest BCUT2D eigenvalue weighted by molar-refractivity contribution is 0.443. The summed E-state index contributed by atoms with van der Waals surface area (Å²) in [6.45, 7) is 0. The Bertz CT molecular complexity index is 908. The molecule has 0 fully saturated rings. The highest BCUT2D eigenvalue weighted by atomic mass is 16.3. The van der Waals surface area contributed by atoms with Crippen LogP contribution in [0.1, 0.15) is 58.1 Å². The second-order valence-electron chi connectivity index (χ2n) is 7.55. The van der Waals surface area contributed by atoms with Crippen molar-refractivity contribution in [2.24, 2.45) is 0 Å². The highest BCUT2D eigenvalue weighted by Crippen LogP contribution is 2.47. The van der Waals surface area contributed by atoms with Gasteiger partial charge in [0.05, 0.1) is 0 Å². The molecule has 3 aromatic carbocycles. The van der Waals surface area contributed by atoms with Crippen LogP contribution in [-0.4, -0.2) is 10.2 Å². The largest absolute Gasteiger partial charge is 0.508 e. The van der Waals surface area contributed by atoms with Crippen molar-refractivity contribution >= 4 is 0 Å². The number of phenols is 2. The van der Waals surface area contributed by atoms with Crippen LogP contribution in [0.2, 0.25) is 0 Å². The van der Waals surface area contributed by atoms with Crippen molar-refractivity contribution in [2.75, 3.05) is 0 Å². The van der Waals surface area contributed by atoms with Crippen molar-refractivity contribution in [3.05, 3.63) is 94.0 Å². The van der Waals surface area contributed by atoms with Gasteiger partial charge in [0.1, 0.15) is 11.5 Å². The molecule has 0 radical (unpaired) electrons. The Kier molecular flexibility index (Phi) is 3.53. The maximum atomic E-state index is 10.8.